The molecule has 0 radical (unpaired) electrons. The van der Waals surface area contributed by atoms with Gasteiger partial charge in [0.15, 0.2) is 51.9 Å². The number of hydrogen-bond donors (Lipinski definition) is 0. The van der Waals surface area contributed by atoms with Gasteiger partial charge in [-0.15, -0.1) is 0 Å². The Morgan fingerprint density at radius 2 is 0.643 bits per heavy atom. The van der Waals surface area contributed by atoms with Crippen LogP contribution in [0.4, 0.5) is 68.5 Å². The number of aryl methyl sites for hydroxylation is 16. The SMILES string of the molecule is Cc1ccc2c(c1)N(c1c(C)cc(C(C)(C)C)cc1C)c1cnc(C)cc1O2.Cc1ccc2c(n1)N(c1c(C)cc(C(C)(C)C)cc1C)c1cnnc(C)c1O2.Cc1cnc2c(c1)N(c1c(C)cc(C(C)(C)C)cc1C)c1cnnc(C)c1O2.Cc1cnc2c(c1)Oc1ccc(C)cc1N2c1c(C)cc(C(C)(C)C)cc1C. The topological polar surface area (TPSA) is 153 Å². The Morgan fingerprint density at radius 1 is 0.268 bits per heavy atom. The summed E-state index contributed by atoms with van der Waals surface area (Å²) < 4.78 is 24.7. The highest BCUT2D eigenvalue weighted by Crippen LogP contribution is 2.57. The van der Waals surface area contributed by atoms with Crippen LogP contribution in [0.25, 0.3) is 0 Å². The van der Waals surface area contributed by atoms with E-state index in [0.717, 1.165) is 126 Å². The van der Waals surface area contributed by atoms with E-state index in [1.807, 2.05) is 78.3 Å². The number of ether oxygens (including phenoxy) is 4. The molecule has 0 saturated carbocycles. The largest absolute Gasteiger partial charge is 0.453 e. The van der Waals surface area contributed by atoms with Gasteiger partial charge in [0, 0.05) is 29.8 Å². The number of benzene rings is 6. The van der Waals surface area contributed by atoms with Crippen molar-refractivity contribution in [2.24, 2.45) is 0 Å². The molecule has 16 rings (SSSR count). The standard InChI is InChI=1S/2C25H28N2O.2C23H26N4O/c1-15-8-9-22-20(10-15)27(21-14-26-18(4)13-23(21)28-22)24-16(2)11-19(12-17(24)3)25(5,6)7;1-15-8-9-21-20(10-15)27(24-22(28-21)11-16(2)14-26-24)23-17(3)12-19(13-18(23)4)25(5,6)7;1-13-8-18-22(24-11-13)28-21-16(4)26-25-12-19(21)27(18)20-14(2)9-17(10-15(20)3)23(5,6)7;1-13-10-17(23(5,6)7)11-14(2)20(13)27-18-12-24-26-16(4)21(18)28-19-9-8-15(3)25-22(19)27/h2*8-14H,1-7H3;2*8-12H,1-7H3. The molecular weight excluding hydrogens is 1390 g/mol. The van der Waals surface area contributed by atoms with E-state index < -0.39 is 0 Å². The van der Waals surface area contributed by atoms with Gasteiger partial charge in [-0.1, -0.05) is 144 Å². The first-order chi connectivity index (χ1) is 52.6. The molecule has 0 amide bonds. The van der Waals surface area contributed by atoms with Crippen molar-refractivity contribution in [1.82, 2.24) is 40.3 Å². The lowest BCUT2D eigenvalue weighted by atomic mass is 9.84. The number of rotatable bonds is 4. The Labute approximate surface area is 663 Å². The summed E-state index contributed by atoms with van der Waals surface area (Å²) in [4.78, 5) is 27.6. The predicted octanol–water partition coefficient (Wildman–Crippen LogP) is 26.3. The first-order valence-corrected chi connectivity index (χ1v) is 38.8. The number of hydrogen-bond acceptors (Lipinski definition) is 16. The molecule has 0 fully saturated rings. The smallest absolute Gasteiger partial charge is 0.243 e. The molecule has 12 aromatic rings. The zero-order chi connectivity index (χ0) is 80.9. The van der Waals surface area contributed by atoms with Crippen molar-refractivity contribution in [2.75, 3.05) is 19.6 Å². The van der Waals surface area contributed by atoms with E-state index in [4.69, 9.17) is 28.9 Å². The fourth-order valence-corrected chi connectivity index (χ4v) is 15.2. The van der Waals surface area contributed by atoms with Gasteiger partial charge in [-0.2, -0.15) is 20.4 Å². The second kappa shape index (κ2) is 29.6. The second-order valence-electron chi connectivity index (χ2n) is 35.1. The van der Waals surface area contributed by atoms with E-state index in [-0.39, 0.29) is 21.7 Å². The first kappa shape index (κ1) is 78.6. The molecule has 16 nitrogen and oxygen atoms in total. The van der Waals surface area contributed by atoms with Crippen LogP contribution < -0.4 is 38.5 Å². The van der Waals surface area contributed by atoms with Gasteiger partial charge in [0.25, 0.3) is 0 Å². The van der Waals surface area contributed by atoms with Crippen molar-refractivity contribution in [3.05, 3.63) is 258 Å². The van der Waals surface area contributed by atoms with Crippen molar-refractivity contribution >= 4 is 68.5 Å². The maximum absolute atomic E-state index is 6.24. The number of nitrogens with zero attached hydrogens (tertiary/aromatic N) is 12. The van der Waals surface area contributed by atoms with Crippen LogP contribution in [0.2, 0.25) is 0 Å². The zero-order valence-corrected chi connectivity index (χ0v) is 70.9. The van der Waals surface area contributed by atoms with Gasteiger partial charge in [-0.3, -0.25) is 14.8 Å². The molecule has 4 aliphatic rings. The van der Waals surface area contributed by atoms with Gasteiger partial charge in [0.2, 0.25) is 5.88 Å². The maximum Gasteiger partial charge on any atom is 0.243 e. The third kappa shape index (κ3) is 15.4. The van der Waals surface area contributed by atoms with Gasteiger partial charge >= 0.3 is 0 Å². The summed E-state index contributed by atoms with van der Waals surface area (Å²) in [5.41, 5.74) is 33.9. The average Bonchev–Trinajstić information content (AvgIpc) is 0.759. The van der Waals surface area contributed by atoms with Crippen molar-refractivity contribution in [1.29, 1.82) is 0 Å². The maximum atomic E-state index is 6.24. The Morgan fingerprint density at radius 3 is 1.11 bits per heavy atom. The molecule has 0 N–H and O–H groups in total. The normalized spacial score (nSPS) is 13.0. The molecule has 576 valence electrons. The summed E-state index contributed by atoms with van der Waals surface area (Å²) in [6.07, 6.45) is 9.18. The Kier molecular flexibility index (Phi) is 20.8. The highest BCUT2D eigenvalue weighted by molar-refractivity contribution is 5.92. The first-order valence-electron chi connectivity index (χ1n) is 38.8. The van der Waals surface area contributed by atoms with Crippen LogP contribution in [-0.4, -0.2) is 40.3 Å². The summed E-state index contributed by atoms with van der Waals surface area (Å²) in [5, 5.41) is 16.7. The lowest BCUT2D eigenvalue weighted by molar-refractivity contribution is 0.448. The van der Waals surface area contributed by atoms with Crippen LogP contribution in [0, 0.1) is 111 Å². The van der Waals surface area contributed by atoms with Gasteiger partial charge in [0.05, 0.1) is 52.7 Å². The van der Waals surface area contributed by atoms with E-state index in [2.05, 4.69) is 299 Å². The lowest BCUT2D eigenvalue weighted by Gasteiger charge is -2.35. The van der Waals surface area contributed by atoms with Crippen LogP contribution in [0.5, 0.6) is 46.1 Å². The van der Waals surface area contributed by atoms with E-state index in [1.165, 1.54) is 89.3 Å². The van der Waals surface area contributed by atoms with Crippen molar-refractivity contribution in [2.45, 2.75) is 216 Å². The van der Waals surface area contributed by atoms with Gasteiger partial charge < -0.3 is 28.7 Å². The highest BCUT2D eigenvalue weighted by Gasteiger charge is 2.37. The Hall–Kier alpha value is -11.5. The summed E-state index contributed by atoms with van der Waals surface area (Å²) in [6, 6.07) is 41.1. The molecule has 0 saturated heterocycles. The number of aromatic nitrogens is 8. The van der Waals surface area contributed by atoms with Gasteiger partial charge in [0.1, 0.15) is 34.1 Å². The van der Waals surface area contributed by atoms with E-state index in [9.17, 15) is 0 Å². The monoisotopic (exact) mass is 1490 g/mol. The Balaban J connectivity index is 0.000000131. The van der Waals surface area contributed by atoms with Crippen LogP contribution in [0.1, 0.15) is 195 Å². The van der Waals surface area contributed by atoms with Crippen molar-refractivity contribution < 1.29 is 18.9 Å². The zero-order valence-electron chi connectivity index (χ0n) is 70.9. The molecule has 0 bridgehead atoms. The molecule has 10 heterocycles. The van der Waals surface area contributed by atoms with Crippen LogP contribution in [-0.2, 0) is 21.7 Å². The molecule has 0 spiro atoms. The fourth-order valence-electron chi connectivity index (χ4n) is 15.2. The predicted molar refractivity (Wildman–Crippen MR) is 458 cm³/mol. The number of anilines is 12. The molecule has 6 aromatic carbocycles. The molecule has 112 heavy (non-hydrogen) atoms. The lowest BCUT2D eigenvalue weighted by Crippen LogP contribution is -2.21. The van der Waals surface area contributed by atoms with Crippen LogP contribution in [0.15, 0.2) is 146 Å². The third-order valence-corrected chi connectivity index (χ3v) is 21.1. The molecular formula is C96H108N12O4. The molecule has 4 aliphatic heterocycles. The molecule has 0 atom stereocenters. The third-order valence-electron chi connectivity index (χ3n) is 21.1. The van der Waals surface area contributed by atoms with Crippen LogP contribution >= 0.6 is 0 Å². The average molecular weight is 1490 g/mol. The minimum absolute atomic E-state index is 0.0891. The quantitative estimate of drug-likeness (QED) is 0.164. The van der Waals surface area contributed by atoms with E-state index in [0.29, 0.717) is 11.6 Å². The summed E-state index contributed by atoms with van der Waals surface area (Å²) in [7, 11) is 0. The van der Waals surface area contributed by atoms with Gasteiger partial charge in [-0.05, 0) is 270 Å². The van der Waals surface area contributed by atoms with E-state index >= 15 is 0 Å². The molecule has 0 aliphatic carbocycles. The fraction of sp³-hybridized carbons (Fsp3) is 0.333. The van der Waals surface area contributed by atoms with Crippen molar-refractivity contribution in [3.8, 4) is 46.1 Å². The molecule has 16 heteroatoms. The number of pyridine rings is 4. The molecule has 0 unspecified atom stereocenters. The summed E-state index contributed by atoms with van der Waals surface area (Å²) >= 11 is 0. The summed E-state index contributed by atoms with van der Waals surface area (Å²) in [5.74, 6) is 7.78. The molecule has 6 aromatic heterocycles. The van der Waals surface area contributed by atoms with Gasteiger partial charge in [-0.25, -0.2) is 15.0 Å². The summed E-state index contributed by atoms with van der Waals surface area (Å²) in [6.45, 7) is 60.5. The second-order valence-corrected chi connectivity index (χ2v) is 35.1. The van der Waals surface area contributed by atoms with Crippen molar-refractivity contribution in [3.63, 3.8) is 0 Å². The Bertz CT molecular complexity index is 5270. The van der Waals surface area contributed by atoms with Crippen LogP contribution in [0.3, 0.4) is 0 Å². The minimum atomic E-state index is 0.0891. The minimum Gasteiger partial charge on any atom is -0.453 e. The number of fused-ring (bicyclic) bond motifs is 8. The highest BCUT2D eigenvalue weighted by atomic mass is 16.5. The van der Waals surface area contributed by atoms with E-state index in [1.54, 1.807) is 12.4 Å².